The van der Waals surface area contributed by atoms with Crippen molar-refractivity contribution in [3.8, 4) is 17.1 Å². The Bertz CT molecular complexity index is 775. The van der Waals surface area contributed by atoms with Gasteiger partial charge in [0.15, 0.2) is 11.5 Å². The van der Waals surface area contributed by atoms with Crippen LogP contribution in [-0.4, -0.2) is 14.8 Å². The van der Waals surface area contributed by atoms with Gasteiger partial charge in [-0.1, -0.05) is 36.4 Å². The molecule has 6 heteroatoms. The monoisotopic (exact) mass is 303 g/mol. The van der Waals surface area contributed by atoms with E-state index >= 15 is 0 Å². The number of pyridine rings is 1. The van der Waals surface area contributed by atoms with Crippen molar-refractivity contribution in [3.63, 3.8) is 0 Å². The standard InChI is InChI=1S/C16H12F3N3/c1-11-7-8-15(20-10-11)22-13(12-5-3-2-4-6-12)9-14(21-22)16(17,18)19/h2-10H,1H3. The summed E-state index contributed by atoms with van der Waals surface area (Å²) in [4.78, 5) is 4.16. The maximum atomic E-state index is 13.0. The first-order valence-corrected chi connectivity index (χ1v) is 6.61. The van der Waals surface area contributed by atoms with Gasteiger partial charge in [0.05, 0.1) is 5.69 Å². The Kier molecular flexibility index (Phi) is 3.44. The Hall–Kier alpha value is -2.63. The largest absolute Gasteiger partial charge is 0.435 e. The summed E-state index contributed by atoms with van der Waals surface area (Å²) in [5.41, 5.74) is 0.985. The SMILES string of the molecule is Cc1ccc(-n2nc(C(F)(F)F)cc2-c2ccccc2)nc1. The van der Waals surface area contributed by atoms with E-state index in [9.17, 15) is 13.2 Å². The Morgan fingerprint density at radius 2 is 1.73 bits per heavy atom. The Balaban J connectivity index is 2.19. The number of alkyl halides is 3. The van der Waals surface area contributed by atoms with Crippen molar-refractivity contribution < 1.29 is 13.2 Å². The van der Waals surface area contributed by atoms with Gasteiger partial charge in [0.2, 0.25) is 0 Å². The van der Waals surface area contributed by atoms with Crippen LogP contribution in [0.15, 0.2) is 54.7 Å². The van der Waals surface area contributed by atoms with E-state index in [1.54, 1.807) is 48.7 Å². The van der Waals surface area contributed by atoms with Crippen molar-refractivity contribution in [2.24, 2.45) is 0 Å². The smallest absolute Gasteiger partial charge is 0.237 e. The quantitative estimate of drug-likeness (QED) is 0.708. The number of aryl methyl sites for hydroxylation is 1. The fourth-order valence-corrected chi connectivity index (χ4v) is 2.09. The maximum absolute atomic E-state index is 13.0. The number of halogens is 3. The normalized spacial score (nSPS) is 11.6. The van der Waals surface area contributed by atoms with E-state index in [1.165, 1.54) is 4.68 Å². The van der Waals surface area contributed by atoms with Gasteiger partial charge >= 0.3 is 6.18 Å². The number of hydrogen-bond acceptors (Lipinski definition) is 2. The van der Waals surface area contributed by atoms with Crippen molar-refractivity contribution in [1.82, 2.24) is 14.8 Å². The Labute approximate surface area is 125 Å². The van der Waals surface area contributed by atoms with E-state index in [4.69, 9.17) is 0 Å². The molecule has 3 nitrogen and oxygen atoms in total. The average molecular weight is 303 g/mol. The van der Waals surface area contributed by atoms with Gasteiger partial charge in [-0.3, -0.25) is 0 Å². The fourth-order valence-electron chi connectivity index (χ4n) is 2.09. The minimum absolute atomic E-state index is 0.347. The molecule has 0 radical (unpaired) electrons. The number of rotatable bonds is 2. The fraction of sp³-hybridized carbons (Fsp3) is 0.125. The van der Waals surface area contributed by atoms with Crippen LogP contribution in [-0.2, 0) is 6.18 Å². The molecule has 0 N–H and O–H groups in total. The van der Waals surface area contributed by atoms with Gasteiger partial charge < -0.3 is 0 Å². The van der Waals surface area contributed by atoms with Gasteiger partial charge in [-0.05, 0) is 24.6 Å². The average Bonchev–Trinajstić information content (AvgIpc) is 2.94. The molecule has 2 heterocycles. The van der Waals surface area contributed by atoms with Gasteiger partial charge in [0.1, 0.15) is 0 Å². The van der Waals surface area contributed by atoms with Crippen LogP contribution in [0.1, 0.15) is 11.3 Å². The second-order valence-corrected chi connectivity index (χ2v) is 4.88. The summed E-state index contributed by atoms with van der Waals surface area (Å²) >= 11 is 0. The molecule has 0 saturated heterocycles. The highest BCUT2D eigenvalue weighted by molar-refractivity contribution is 5.62. The van der Waals surface area contributed by atoms with Gasteiger partial charge in [0, 0.05) is 11.8 Å². The van der Waals surface area contributed by atoms with Crippen LogP contribution in [0.4, 0.5) is 13.2 Å². The molecule has 0 amide bonds. The van der Waals surface area contributed by atoms with Crippen LogP contribution >= 0.6 is 0 Å². The summed E-state index contributed by atoms with van der Waals surface area (Å²) in [6.45, 7) is 1.86. The number of hydrogen-bond donors (Lipinski definition) is 0. The maximum Gasteiger partial charge on any atom is 0.435 e. The first kappa shape index (κ1) is 14.3. The number of benzene rings is 1. The minimum atomic E-state index is -4.50. The van der Waals surface area contributed by atoms with E-state index in [1.807, 2.05) is 6.92 Å². The molecule has 0 fully saturated rings. The molecule has 112 valence electrons. The molecule has 3 aromatic rings. The zero-order valence-corrected chi connectivity index (χ0v) is 11.7. The van der Waals surface area contributed by atoms with E-state index < -0.39 is 11.9 Å². The summed E-state index contributed by atoms with van der Waals surface area (Å²) < 4.78 is 40.2. The highest BCUT2D eigenvalue weighted by atomic mass is 19.4. The summed E-state index contributed by atoms with van der Waals surface area (Å²) in [6.07, 6.45) is -2.90. The lowest BCUT2D eigenvalue weighted by atomic mass is 10.1. The Morgan fingerprint density at radius 1 is 1.00 bits per heavy atom. The van der Waals surface area contributed by atoms with Gasteiger partial charge in [0.25, 0.3) is 0 Å². The summed E-state index contributed by atoms with van der Waals surface area (Å²) in [6, 6.07) is 13.3. The van der Waals surface area contributed by atoms with Crippen LogP contribution in [0.25, 0.3) is 17.1 Å². The lowest BCUT2D eigenvalue weighted by molar-refractivity contribution is -0.141. The third-order valence-corrected chi connectivity index (χ3v) is 3.18. The van der Waals surface area contributed by atoms with E-state index in [-0.39, 0.29) is 0 Å². The van der Waals surface area contributed by atoms with Crippen molar-refractivity contribution in [3.05, 3.63) is 66.0 Å². The van der Waals surface area contributed by atoms with Crippen molar-refractivity contribution in [2.45, 2.75) is 13.1 Å². The second kappa shape index (κ2) is 5.29. The highest BCUT2D eigenvalue weighted by Gasteiger charge is 2.35. The highest BCUT2D eigenvalue weighted by Crippen LogP contribution is 2.32. The molecule has 3 rings (SSSR count). The molecule has 0 aliphatic carbocycles. The first-order valence-electron chi connectivity index (χ1n) is 6.61. The molecule has 2 aromatic heterocycles. The van der Waals surface area contributed by atoms with Crippen molar-refractivity contribution in [2.75, 3.05) is 0 Å². The molecule has 0 atom stereocenters. The molecule has 0 saturated carbocycles. The molecule has 1 aromatic carbocycles. The summed E-state index contributed by atoms with van der Waals surface area (Å²) in [5, 5.41) is 3.69. The van der Waals surface area contributed by atoms with Crippen LogP contribution in [0.5, 0.6) is 0 Å². The molecule has 0 aliphatic rings. The van der Waals surface area contributed by atoms with Crippen LogP contribution in [0.2, 0.25) is 0 Å². The molecule has 22 heavy (non-hydrogen) atoms. The van der Waals surface area contributed by atoms with Crippen LogP contribution in [0.3, 0.4) is 0 Å². The molecule has 0 aliphatic heterocycles. The number of aromatic nitrogens is 3. The van der Waals surface area contributed by atoms with Gasteiger partial charge in [-0.25, -0.2) is 9.67 Å². The number of nitrogens with zero attached hydrogens (tertiary/aromatic N) is 3. The topological polar surface area (TPSA) is 30.7 Å². The van der Waals surface area contributed by atoms with Crippen LogP contribution in [0, 0.1) is 6.92 Å². The van der Waals surface area contributed by atoms with E-state index in [0.29, 0.717) is 17.1 Å². The van der Waals surface area contributed by atoms with E-state index in [2.05, 4.69) is 10.1 Å². The van der Waals surface area contributed by atoms with Crippen molar-refractivity contribution in [1.29, 1.82) is 0 Å². The summed E-state index contributed by atoms with van der Waals surface area (Å²) in [5.74, 6) is 0.347. The van der Waals surface area contributed by atoms with Crippen molar-refractivity contribution >= 4 is 0 Å². The predicted octanol–water partition coefficient (Wildman–Crippen LogP) is 4.26. The third-order valence-electron chi connectivity index (χ3n) is 3.18. The molecule has 0 bridgehead atoms. The first-order chi connectivity index (χ1) is 10.4. The zero-order valence-electron chi connectivity index (χ0n) is 11.7. The summed E-state index contributed by atoms with van der Waals surface area (Å²) in [7, 11) is 0. The lowest BCUT2D eigenvalue weighted by Gasteiger charge is -2.06. The zero-order chi connectivity index (χ0) is 15.7. The molecular weight excluding hydrogens is 291 g/mol. The molecule has 0 unspecified atom stereocenters. The molecule has 0 spiro atoms. The Morgan fingerprint density at radius 3 is 2.32 bits per heavy atom. The van der Waals surface area contributed by atoms with Gasteiger partial charge in [-0.15, -0.1) is 0 Å². The second-order valence-electron chi connectivity index (χ2n) is 4.88. The molecular formula is C16H12F3N3. The predicted molar refractivity (Wildman–Crippen MR) is 76.5 cm³/mol. The minimum Gasteiger partial charge on any atom is -0.237 e. The van der Waals surface area contributed by atoms with Crippen LogP contribution < -0.4 is 0 Å². The van der Waals surface area contributed by atoms with Gasteiger partial charge in [-0.2, -0.15) is 18.3 Å². The lowest BCUT2D eigenvalue weighted by Crippen LogP contribution is -2.08. The van der Waals surface area contributed by atoms with E-state index in [0.717, 1.165) is 11.6 Å². The third kappa shape index (κ3) is 2.72.